The lowest BCUT2D eigenvalue weighted by molar-refractivity contribution is 0.102. The van der Waals surface area contributed by atoms with E-state index in [1.54, 1.807) is 24.3 Å². The van der Waals surface area contributed by atoms with Gasteiger partial charge in [-0.15, -0.1) is 10.2 Å². The molecular weight excluding hydrogens is 362 g/mol. The van der Waals surface area contributed by atoms with Crippen molar-refractivity contribution in [3.63, 3.8) is 0 Å². The minimum absolute atomic E-state index is 0.225. The Labute approximate surface area is 163 Å². The standard InChI is InChI=1S/C20H20ClN5O/c1-13-4-5-14(21)12-18(13)23-20(27)17-10-11-19(25-24-17)22-15-6-8-16(9-7-15)26(2)3/h4-12H,1-3H3,(H,22,25)(H,23,27). The molecule has 27 heavy (non-hydrogen) atoms. The fourth-order valence-electron chi connectivity index (χ4n) is 2.43. The Morgan fingerprint density at radius 2 is 1.74 bits per heavy atom. The largest absolute Gasteiger partial charge is 0.378 e. The molecule has 0 radical (unpaired) electrons. The molecule has 0 aliphatic rings. The van der Waals surface area contributed by atoms with Crippen LogP contribution in [0.1, 0.15) is 16.1 Å². The first kappa shape index (κ1) is 18.7. The van der Waals surface area contributed by atoms with E-state index in [0.717, 1.165) is 16.9 Å². The van der Waals surface area contributed by atoms with Gasteiger partial charge in [-0.3, -0.25) is 4.79 Å². The number of amides is 1. The number of hydrogen-bond donors (Lipinski definition) is 2. The highest BCUT2D eigenvalue weighted by Crippen LogP contribution is 2.21. The molecule has 2 aromatic carbocycles. The van der Waals surface area contributed by atoms with E-state index >= 15 is 0 Å². The van der Waals surface area contributed by atoms with Crippen LogP contribution in [0.2, 0.25) is 5.02 Å². The number of halogens is 1. The Kier molecular flexibility index (Phi) is 5.57. The predicted molar refractivity (Wildman–Crippen MR) is 110 cm³/mol. The smallest absolute Gasteiger partial charge is 0.276 e. The Bertz CT molecular complexity index is 940. The summed E-state index contributed by atoms with van der Waals surface area (Å²) in [5.41, 5.74) is 3.79. The molecule has 1 amide bonds. The summed E-state index contributed by atoms with van der Waals surface area (Å²) in [6.07, 6.45) is 0. The Morgan fingerprint density at radius 1 is 1.00 bits per heavy atom. The number of hydrogen-bond acceptors (Lipinski definition) is 5. The van der Waals surface area contributed by atoms with Crippen LogP contribution in [0.4, 0.5) is 22.9 Å². The van der Waals surface area contributed by atoms with Crippen LogP contribution in [0.25, 0.3) is 0 Å². The van der Waals surface area contributed by atoms with Crippen LogP contribution in [0.5, 0.6) is 0 Å². The predicted octanol–water partition coefficient (Wildman–Crippen LogP) is 4.50. The molecule has 0 atom stereocenters. The number of aryl methyl sites for hydroxylation is 1. The van der Waals surface area contributed by atoms with Crippen LogP contribution in [0.3, 0.4) is 0 Å². The van der Waals surface area contributed by atoms with Gasteiger partial charge in [0.25, 0.3) is 5.91 Å². The number of aromatic nitrogens is 2. The SMILES string of the molecule is Cc1ccc(Cl)cc1NC(=O)c1ccc(Nc2ccc(N(C)C)cc2)nn1. The van der Waals surface area contributed by atoms with Crippen molar-refractivity contribution in [1.29, 1.82) is 0 Å². The molecule has 7 heteroatoms. The molecule has 0 bridgehead atoms. The first-order valence-electron chi connectivity index (χ1n) is 8.38. The maximum absolute atomic E-state index is 12.4. The van der Waals surface area contributed by atoms with E-state index in [4.69, 9.17) is 11.6 Å². The zero-order valence-electron chi connectivity index (χ0n) is 15.3. The quantitative estimate of drug-likeness (QED) is 0.680. The van der Waals surface area contributed by atoms with E-state index in [1.165, 1.54) is 0 Å². The molecule has 1 heterocycles. The Hall–Kier alpha value is -3.12. The second-order valence-corrected chi connectivity index (χ2v) is 6.72. The Balaban J connectivity index is 1.67. The second kappa shape index (κ2) is 8.05. The number of nitrogens with zero attached hydrogens (tertiary/aromatic N) is 3. The Morgan fingerprint density at radius 3 is 2.37 bits per heavy atom. The van der Waals surface area contributed by atoms with Crippen molar-refractivity contribution >= 4 is 40.4 Å². The van der Waals surface area contributed by atoms with Gasteiger partial charge in [-0.05, 0) is 61.0 Å². The fourth-order valence-corrected chi connectivity index (χ4v) is 2.60. The van der Waals surface area contributed by atoms with Gasteiger partial charge in [0.05, 0.1) is 0 Å². The fraction of sp³-hybridized carbons (Fsp3) is 0.150. The van der Waals surface area contributed by atoms with Crippen molar-refractivity contribution in [2.45, 2.75) is 6.92 Å². The van der Waals surface area contributed by atoms with E-state index in [0.29, 0.717) is 16.5 Å². The zero-order valence-corrected chi connectivity index (χ0v) is 16.1. The molecule has 6 nitrogen and oxygen atoms in total. The van der Waals surface area contributed by atoms with Gasteiger partial charge < -0.3 is 15.5 Å². The molecule has 3 aromatic rings. The summed E-state index contributed by atoms with van der Waals surface area (Å²) >= 11 is 5.98. The first-order chi connectivity index (χ1) is 12.9. The highest BCUT2D eigenvalue weighted by molar-refractivity contribution is 6.31. The van der Waals surface area contributed by atoms with E-state index < -0.39 is 0 Å². The summed E-state index contributed by atoms with van der Waals surface area (Å²) in [5.74, 6) is 0.220. The minimum Gasteiger partial charge on any atom is -0.378 e. The number of benzene rings is 2. The maximum Gasteiger partial charge on any atom is 0.276 e. The lowest BCUT2D eigenvalue weighted by atomic mass is 10.2. The highest BCUT2D eigenvalue weighted by atomic mass is 35.5. The zero-order chi connectivity index (χ0) is 19.4. The minimum atomic E-state index is -0.338. The molecule has 0 aliphatic heterocycles. The van der Waals surface area contributed by atoms with Gasteiger partial charge in [0.15, 0.2) is 11.5 Å². The summed E-state index contributed by atoms with van der Waals surface area (Å²) in [6.45, 7) is 1.90. The molecule has 3 rings (SSSR count). The average Bonchev–Trinajstić information content (AvgIpc) is 2.65. The van der Waals surface area contributed by atoms with Gasteiger partial charge in [-0.2, -0.15) is 0 Å². The number of carbonyl (C=O) groups excluding carboxylic acids is 1. The molecular formula is C20H20ClN5O. The van der Waals surface area contributed by atoms with Gasteiger partial charge in [-0.1, -0.05) is 17.7 Å². The van der Waals surface area contributed by atoms with Gasteiger partial charge in [0.2, 0.25) is 0 Å². The van der Waals surface area contributed by atoms with Crippen LogP contribution in [0, 0.1) is 6.92 Å². The van der Waals surface area contributed by atoms with E-state index in [9.17, 15) is 4.79 Å². The third-order valence-corrected chi connectivity index (χ3v) is 4.24. The normalized spacial score (nSPS) is 10.4. The molecule has 0 saturated heterocycles. The van der Waals surface area contributed by atoms with Crippen molar-refractivity contribution in [2.75, 3.05) is 29.6 Å². The van der Waals surface area contributed by atoms with Crippen molar-refractivity contribution in [3.05, 3.63) is 70.9 Å². The highest BCUT2D eigenvalue weighted by Gasteiger charge is 2.11. The summed E-state index contributed by atoms with van der Waals surface area (Å²) in [7, 11) is 3.98. The number of nitrogens with one attached hydrogen (secondary N) is 2. The summed E-state index contributed by atoms with van der Waals surface area (Å²) in [6, 6.07) is 16.6. The van der Waals surface area contributed by atoms with Crippen LogP contribution in [0.15, 0.2) is 54.6 Å². The monoisotopic (exact) mass is 381 g/mol. The second-order valence-electron chi connectivity index (χ2n) is 6.28. The van der Waals surface area contributed by atoms with Gasteiger partial charge in [-0.25, -0.2) is 0 Å². The summed E-state index contributed by atoms with van der Waals surface area (Å²) < 4.78 is 0. The molecule has 0 spiro atoms. The van der Waals surface area contributed by atoms with Crippen LogP contribution in [-0.2, 0) is 0 Å². The molecule has 138 valence electrons. The lowest BCUT2D eigenvalue weighted by Crippen LogP contribution is -2.15. The van der Waals surface area contributed by atoms with Crippen LogP contribution >= 0.6 is 11.6 Å². The van der Waals surface area contributed by atoms with E-state index in [-0.39, 0.29) is 11.6 Å². The van der Waals surface area contributed by atoms with Crippen LogP contribution < -0.4 is 15.5 Å². The number of carbonyl (C=O) groups is 1. The van der Waals surface area contributed by atoms with Gasteiger partial charge in [0.1, 0.15) is 0 Å². The van der Waals surface area contributed by atoms with Crippen molar-refractivity contribution in [1.82, 2.24) is 10.2 Å². The van der Waals surface area contributed by atoms with E-state index in [1.807, 2.05) is 56.3 Å². The van der Waals surface area contributed by atoms with E-state index in [2.05, 4.69) is 20.8 Å². The van der Waals surface area contributed by atoms with Crippen molar-refractivity contribution < 1.29 is 4.79 Å². The van der Waals surface area contributed by atoms with Gasteiger partial charge in [0, 0.05) is 36.2 Å². The number of rotatable bonds is 5. The molecule has 2 N–H and O–H groups in total. The molecule has 0 fully saturated rings. The maximum atomic E-state index is 12.4. The van der Waals surface area contributed by atoms with Crippen LogP contribution in [-0.4, -0.2) is 30.2 Å². The molecule has 0 aliphatic carbocycles. The molecule has 0 unspecified atom stereocenters. The third-order valence-electron chi connectivity index (χ3n) is 4.00. The third kappa shape index (κ3) is 4.74. The average molecular weight is 382 g/mol. The number of anilines is 4. The summed E-state index contributed by atoms with van der Waals surface area (Å²) in [4.78, 5) is 14.4. The first-order valence-corrected chi connectivity index (χ1v) is 8.76. The van der Waals surface area contributed by atoms with Gasteiger partial charge >= 0.3 is 0 Å². The molecule has 1 aromatic heterocycles. The topological polar surface area (TPSA) is 70.2 Å². The lowest BCUT2D eigenvalue weighted by Gasteiger charge is -2.13. The molecule has 0 saturated carbocycles. The van der Waals surface area contributed by atoms with Crippen molar-refractivity contribution in [3.8, 4) is 0 Å². The van der Waals surface area contributed by atoms with Crippen molar-refractivity contribution in [2.24, 2.45) is 0 Å². The summed E-state index contributed by atoms with van der Waals surface area (Å²) in [5, 5.41) is 14.6.